The van der Waals surface area contributed by atoms with Crippen LogP contribution in [-0.2, 0) is 11.3 Å². The van der Waals surface area contributed by atoms with Gasteiger partial charge in [-0.05, 0) is 31.7 Å². The van der Waals surface area contributed by atoms with Crippen molar-refractivity contribution in [1.82, 2.24) is 5.32 Å². The fourth-order valence-electron chi connectivity index (χ4n) is 2.65. The molecule has 1 aromatic carbocycles. The monoisotopic (exact) mass is 249 g/mol. The Labute approximate surface area is 109 Å². The third-order valence-corrected chi connectivity index (χ3v) is 3.73. The van der Waals surface area contributed by atoms with E-state index in [9.17, 15) is 0 Å². The second-order valence-corrected chi connectivity index (χ2v) is 4.91. The summed E-state index contributed by atoms with van der Waals surface area (Å²) >= 11 is 0. The van der Waals surface area contributed by atoms with Gasteiger partial charge in [0.05, 0.1) is 13.2 Å². The van der Waals surface area contributed by atoms with E-state index >= 15 is 0 Å². The van der Waals surface area contributed by atoms with Gasteiger partial charge in [0.25, 0.3) is 0 Å². The van der Waals surface area contributed by atoms with Crippen molar-refractivity contribution in [2.24, 2.45) is 0 Å². The average molecular weight is 249 g/mol. The molecule has 18 heavy (non-hydrogen) atoms. The highest BCUT2D eigenvalue weighted by Crippen LogP contribution is 2.22. The summed E-state index contributed by atoms with van der Waals surface area (Å²) in [4.78, 5) is 0. The Morgan fingerprint density at radius 2 is 2.06 bits per heavy atom. The first-order chi connectivity index (χ1) is 8.83. The van der Waals surface area contributed by atoms with Gasteiger partial charge in [0, 0.05) is 25.3 Å². The van der Waals surface area contributed by atoms with Crippen LogP contribution in [0.5, 0.6) is 5.75 Å². The first-order valence-corrected chi connectivity index (χ1v) is 6.71. The topological polar surface area (TPSA) is 30.5 Å². The summed E-state index contributed by atoms with van der Waals surface area (Å²) in [6, 6.07) is 8.74. The lowest BCUT2D eigenvalue weighted by Gasteiger charge is -2.29. The lowest BCUT2D eigenvalue weighted by Crippen LogP contribution is -2.36. The quantitative estimate of drug-likeness (QED) is 0.870. The molecule has 1 aliphatic rings. The second kappa shape index (κ2) is 6.76. The predicted molar refractivity (Wildman–Crippen MR) is 72.9 cm³/mol. The zero-order valence-electron chi connectivity index (χ0n) is 11.3. The van der Waals surface area contributed by atoms with Crippen molar-refractivity contribution in [2.75, 3.05) is 14.2 Å². The first-order valence-electron chi connectivity index (χ1n) is 6.71. The van der Waals surface area contributed by atoms with Gasteiger partial charge in [0.2, 0.25) is 0 Å². The number of para-hydroxylation sites is 1. The zero-order valence-corrected chi connectivity index (χ0v) is 11.3. The van der Waals surface area contributed by atoms with Gasteiger partial charge >= 0.3 is 0 Å². The van der Waals surface area contributed by atoms with Crippen LogP contribution in [0.4, 0.5) is 0 Å². The molecule has 0 radical (unpaired) electrons. The van der Waals surface area contributed by atoms with E-state index in [-0.39, 0.29) is 0 Å². The van der Waals surface area contributed by atoms with Gasteiger partial charge in [-0.1, -0.05) is 18.2 Å². The predicted octanol–water partition coefficient (Wildman–Crippen LogP) is 2.74. The van der Waals surface area contributed by atoms with Gasteiger partial charge in [0.15, 0.2) is 0 Å². The summed E-state index contributed by atoms with van der Waals surface area (Å²) in [5, 5.41) is 3.62. The van der Waals surface area contributed by atoms with Crippen molar-refractivity contribution in [2.45, 2.75) is 44.4 Å². The molecule has 0 spiro atoms. The molecule has 1 fully saturated rings. The number of benzene rings is 1. The Morgan fingerprint density at radius 1 is 1.22 bits per heavy atom. The summed E-state index contributed by atoms with van der Waals surface area (Å²) in [6.07, 6.45) is 5.24. The Hall–Kier alpha value is -1.06. The van der Waals surface area contributed by atoms with Crippen LogP contribution in [0.15, 0.2) is 24.3 Å². The minimum Gasteiger partial charge on any atom is -0.496 e. The number of ether oxygens (including phenoxy) is 2. The number of methoxy groups -OCH3 is 2. The number of hydrogen-bond acceptors (Lipinski definition) is 3. The summed E-state index contributed by atoms with van der Waals surface area (Å²) in [5.74, 6) is 0.962. The highest BCUT2D eigenvalue weighted by Gasteiger charge is 2.21. The molecule has 3 nitrogen and oxygen atoms in total. The fourth-order valence-corrected chi connectivity index (χ4v) is 2.65. The molecule has 1 N–H and O–H groups in total. The highest BCUT2D eigenvalue weighted by molar-refractivity contribution is 5.33. The molecule has 2 rings (SSSR count). The maximum atomic E-state index is 5.45. The van der Waals surface area contributed by atoms with Crippen LogP contribution in [-0.4, -0.2) is 26.4 Å². The molecule has 100 valence electrons. The van der Waals surface area contributed by atoms with Crippen LogP contribution in [0.2, 0.25) is 0 Å². The molecular weight excluding hydrogens is 226 g/mol. The van der Waals surface area contributed by atoms with E-state index in [1.165, 1.54) is 24.8 Å². The highest BCUT2D eigenvalue weighted by atomic mass is 16.5. The fraction of sp³-hybridized carbons (Fsp3) is 0.600. The van der Waals surface area contributed by atoms with Crippen molar-refractivity contribution in [3.63, 3.8) is 0 Å². The molecule has 0 amide bonds. The number of hydrogen-bond donors (Lipinski definition) is 1. The van der Waals surface area contributed by atoms with E-state index in [1.807, 2.05) is 19.2 Å². The van der Waals surface area contributed by atoms with E-state index in [2.05, 4.69) is 17.4 Å². The smallest absolute Gasteiger partial charge is 0.123 e. The van der Waals surface area contributed by atoms with Crippen LogP contribution >= 0.6 is 0 Å². The molecule has 2 atom stereocenters. The minimum absolute atomic E-state index is 0.425. The Kier molecular flexibility index (Phi) is 5.02. The van der Waals surface area contributed by atoms with Crippen LogP contribution < -0.4 is 10.1 Å². The van der Waals surface area contributed by atoms with Gasteiger partial charge in [-0.25, -0.2) is 0 Å². The standard InChI is InChI=1S/C15H23NO2/c1-17-14-8-5-7-13(10-14)16-11-12-6-3-4-9-15(12)18-2/h3-4,6,9,13-14,16H,5,7-8,10-11H2,1-2H3/t13-,14+/m1/s1. The van der Waals surface area contributed by atoms with Crippen LogP contribution in [0, 0.1) is 0 Å². The molecule has 0 heterocycles. The molecule has 1 saturated carbocycles. The first kappa shape index (κ1) is 13.4. The van der Waals surface area contributed by atoms with Crippen molar-refractivity contribution in [3.05, 3.63) is 29.8 Å². The van der Waals surface area contributed by atoms with Crippen LogP contribution in [0.25, 0.3) is 0 Å². The molecule has 0 bridgehead atoms. The van der Waals surface area contributed by atoms with Gasteiger partial charge in [0.1, 0.15) is 5.75 Å². The third kappa shape index (κ3) is 3.47. The van der Waals surface area contributed by atoms with Crippen LogP contribution in [0.1, 0.15) is 31.2 Å². The molecular formula is C15H23NO2. The maximum absolute atomic E-state index is 5.45. The molecule has 0 aromatic heterocycles. The zero-order chi connectivity index (χ0) is 12.8. The van der Waals surface area contributed by atoms with Gasteiger partial charge in [-0.15, -0.1) is 0 Å². The van der Waals surface area contributed by atoms with E-state index in [0.29, 0.717) is 12.1 Å². The van der Waals surface area contributed by atoms with Crippen LogP contribution in [0.3, 0.4) is 0 Å². The lowest BCUT2D eigenvalue weighted by molar-refractivity contribution is 0.0586. The molecule has 3 heteroatoms. The van der Waals surface area contributed by atoms with E-state index in [0.717, 1.165) is 18.7 Å². The van der Waals surface area contributed by atoms with Crippen molar-refractivity contribution >= 4 is 0 Å². The lowest BCUT2D eigenvalue weighted by atomic mass is 9.92. The summed E-state index contributed by atoms with van der Waals surface area (Å²) < 4.78 is 10.8. The Bertz CT molecular complexity index is 367. The summed E-state index contributed by atoms with van der Waals surface area (Å²) in [5.41, 5.74) is 1.22. The maximum Gasteiger partial charge on any atom is 0.123 e. The number of nitrogens with one attached hydrogen (secondary N) is 1. The molecule has 0 aliphatic heterocycles. The van der Waals surface area contributed by atoms with Gasteiger partial charge in [-0.3, -0.25) is 0 Å². The van der Waals surface area contributed by atoms with E-state index in [1.54, 1.807) is 7.11 Å². The minimum atomic E-state index is 0.425. The Morgan fingerprint density at radius 3 is 2.83 bits per heavy atom. The van der Waals surface area contributed by atoms with Crippen molar-refractivity contribution in [3.8, 4) is 5.75 Å². The molecule has 0 unspecified atom stereocenters. The van der Waals surface area contributed by atoms with Gasteiger partial charge in [-0.2, -0.15) is 0 Å². The number of rotatable bonds is 5. The molecule has 1 aliphatic carbocycles. The Balaban J connectivity index is 1.87. The summed E-state index contributed by atoms with van der Waals surface area (Å²) in [7, 11) is 3.54. The SMILES string of the molecule is COc1ccccc1CN[C@@H]1CCC[C@H](OC)C1. The van der Waals surface area contributed by atoms with Gasteiger partial charge < -0.3 is 14.8 Å². The second-order valence-electron chi connectivity index (χ2n) is 4.91. The van der Waals surface area contributed by atoms with E-state index in [4.69, 9.17) is 9.47 Å². The third-order valence-electron chi connectivity index (χ3n) is 3.73. The van der Waals surface area contributed by atoms with Crippen molar-refractivity contribution < 1.29 is 9.47 Å². The normalized spacial score (nSPS) is 23.9. The molecule has 1 aromatic rings. The largest absolute Gasteiger partial charge is 0.496 e. The average Bonchev–Trinajstić information content (AvgIpc) is 2.45. The van der Waals surface area contributed by atoms with E-state index < -0.39 is 0 Å². The van der Waals surface area contributed by atoms with Crippen molar-refractivity contribution in [1.29, 1.82) is 0 Å². The summed E-state index contributed by atoms with van der Waals surface area (Å²) in [6.45, 7) is 0.866. The molecule has 0 saturated heterocycles.